The van der Waals surface area contributed by atoms with E-state index in [1.165, 1.54) is 24.3 Å². The van der Waals surface area contributed by atoms with Crippen molar-refractivity contribution in [3.63, 3.8) is 0 Å². The lowest BCUT2D eigenvalue weighted by molar-refractivity contribution is -0.140. The molecule has 0 spiro atoms. The Labute approximate surface area is 184 Å². The third kappa shape index (κ3) is 4.19. The van der Waals surface area contributed by atoms with Gasteiger partial charge in [-0.3, -0.25) is 14.5 Å². The molecule has 1 aromatic heterocycles. The van der Waals surface area contributed by atoms with Gasteiger partial charge in [0.25, 0.3) is 11.7 Å². The largest absolute Gasteiger partial charge is 0.507 e. The molecule has 1 N–H and O–H groups in total. The van der Waals surface area contributed by atoms with Gasteiger partial charge in [0.2, 0.25) is 0 Å². The standard InChI is InChI=1S/C22H23ClN2O6/c1-29-16-5-4-14(23)13-15(16)20(26)18-19(17-3-2-10-31-17)25(22(28)21(18)27)7-6-24-8-11-30-12-9-24/h2-5,10,13,19,26H,6-9,11-12H2,1H3. The van der Waals surface area contributed by atoms with E-state index in [1.54, 1.807) is 24.3 Å². The zero-order valence-electron chi connectivity index (χ0n) is 17.0. The average Bonchev–Trinajstić information content (AvgIpc) is 3.40. The summed E-state index contributed by atoms with van der Waals surface area (Å²) in [5.41, 5.74) is 0.181. The summed E-state index contributed by atoms with van der Waals surface area (Å²) in [7, 11) is 1.45. The number of benzene rings is 1. The van der Waals surface area contributed by atoms with E-state index in [9.17, 15) is 14.7 Å². The highest BCUT2D eigenvalue weighted by molar-refractivity contribution is 6.46. The van der Waals surface area contributed by atoms with Crippen molar-refractivity contribution in [3.05, 3.63) is 58.5 Å². The maximum atomic E-state index is 13.0. The molecule has 2 saturated heterocycles. The molecule has 0 aliphatic carbocycles. The first-order valence-electron chi connectivity index (χ1n) is 9.97. The Balaban J connectivity index is 1.74. The summed E-state index contributed by atoms with van der Waals surface area (Å²) < 4.78 is 16.2. The van der Waals surface area contributed by atoms with Gasteiger partial charge in [-0.2, -0.15) is 0 Å². The number of Topliss-reactive ketones (excluding diaryl/α,β-unsaturated/α-hetero) is 1. The van der Waals surface area contributed by atoms with E-state index in [2.05, 4.69) is 4.90 Å². The van der Waals surface area contributed by atoms with E-state index in [1.807, 2.05) is 0 Å². The molecule has 2 aliphatic rings. The van der Waals surface area contributed by atoms with Gasteiger partial charge in [0.05, 0.1) is 37.7 Å². The van der Waals surface area contributed by atoms with Crippen LogP contribution in [0.25, 0.3) is 5.76 Å². The summed E-state index contributed by atoms with van der Waals surface area (Å²) in [4.78, 5) is 29.6. The molecular weight excluding hydrogens is 424 g/mol. The first kappa shape index (κ1) is 21.4. The number of ketones is 1. The summed E-state index contributed by atoms with van der Waals surface area (Å²) in [5, 5.41) is 11.5. The lowest BCUT2D eigenvalue weighted by atomic mass is 9.99. The molecule has 4 rings (SSSR count). The molecule has 9 heteroatoms. The van der Waals surface area contributed by atoms with Gasteiger partial charge in [0.15, 0.2) is 0 Å². The molecule has 31 heavy (non-hydrogen) atoms. The minimum absolute atomic E-state index is 0.0532. The fourth-order valence-electron chi connectivity index (χ4n) is 3.94. The Morgan fingerprint density at radius 3 is 2.68 bits per heavy atom. The summed E-state index contributed by atoms with van der Waals surface area (Å²) in [6, 6.07) is 7.21. The van der Waals surface area contributed by atoms with Crippen molar-refractivity contribution in [2.45, 2.75) is 6.04 Å². The van der Waals surface area contributed by atoms with E-state index < -0.39 is 17.7 Å². The normalized spacial score (nSPS) is 21.6. The van der Waals surface area contributed by atoms with Crippen molar-refractivity contribution < 1.29 is 28.6 Å². The molecule has 1 amide bonds. The van der Waals surface area contributed by atoms with Crippen LogP contribution >= 0.6 is 11.6 Å². The number of ether oxygens (including phenoxy) is 2. The second-order valence-corrected chi connectivity index (χ2v) is 7.74. The number of furan rings is 1. The van der Waals surface area contributed by atoms with Crippen LogP contribution in [-0.4, -0.2) is 73.1 Å². The van der Waals surface area contributed by atoms with Crippen LogP contribution < -0.4 is 4.74 Å². The first-order valence-corrected chi connectivity index (χ1v) is 10.3. The number of likely N-dealkylation sites (tertiary alicyclic amines) is 1. The summed E-state index contributed by atoms with van der Waals surface area (Å²) in [6.07, 6.45) is 1.47. The zero-order valence-corrected chi connectivity index (χ0v) is 17.8. The number of halogens is 1. The van der Waals surface area contributed by atoms with Crippen LogP contribution in [0.15, 0.2) is 46.6 Å². The minimum atomic E-state index is -0.847. The number of carbonyl (C=O) groups excluding carboxylic acids is 2. The number of aliphatic hydroxyl groups excluding tert-OH is 1. The molecule has 1 unspecified atom stereocenters. The molecular formula is C22H23ClN2O6. The van der Waals surface area contributed by atoms with Crippen molar-refractivity contribution in [2.24, 2.45) is 0 Å². The monoisotopic (exact) mass is 446 g/mol. The van der Waals surface area contributed by atoms with Gasteiger partial charge in [-0.05, 0) is 30.3 Å². The highest BCUT2D eigenvalue weighted by atomic mass is 35.5. The van der Waals surface area contributed by atoms with E-state index in [0.29, 0.717) is 42.8 Å². The summed E-state index contributed by atoms with van der Waals surface area (Å²) in [5.74, 6) is -1.09. The van der Waals surface area contributed by atoms with Crippen molar-refractivity contribution in [1.82, 2.24) is 9.80 Å². The van der Waals surface area contributed by atoms with E-state index >= 15 is 0 Å². The maximum absolute atomic E-state index is 13.0. The molecule has 2 aromatic rings. The Morgan fingerprint density at radius 2 is 2.00 bits per heavy atom. The average molecular weight is 447 g/mol. The van der Waals surface area contributed by atoms with Crippen molar-refractivity contribution in [1.29, 1.82) is 0 Å². The van der Waals surface area contributed by atoms with Gasteiger partial charge in [0.1, 0.15) is 23.3 Å². The summed E-state index contributed by atoms with van der Waals surface area (Å²) >= 11 is 6.10. The van der Waals surface area contributed by atoms with Gasteiger partial charge < -0.3 is 23.9 Å². The molecule has 1 atom stereocenters. The third-order valence-corrected chi connectivity index (χ3v) is 5.77. The molecule has 0 radical (unpaired) electrons. The van der Waals surface area contributed by atoms with Crippen LogP contribution in [0.1, 0.15) is 17.4 Å². The Bertz CT molecular complexity index is 997. The Kier molecular flexibility index (Phi) is 6.31. The topological polar surface area (TPSA) is 92.5 Å². The quantitative estimate of drug-likeness (QED) is 0.414. The molecule has 164 valence electrons. The van der Waals surface area contributed by atoms with Crippen molar-refractivity contribution in [2.75, 3.05) is 46.5 Å². The Hall–Kier alpha value is -2.81. The van der Waals surface area contributed by atoms with E-state index in [-0.39, 0.29) is 16.9 Å². The number of amides is 1. The smallest absolute Gasteiger partial charge is 0.295 e. The van der Waals surface area contributed by atoms with Gasteiger partial charge in [-0.15, -0.1) is 0 Å². The predicted molar refractivity (Wildman–Crippen MR) is 113 cm³/mol. The highest BCUT2D eigenvalue weighted by Crippen LogP contribution is 2.41. The van der Waals surface area contributed by atoms with Gasteiger partial charge in [0, 0.05) is 31.2 Å². The zero-order chi connectivity index (χ0) is 22.0. The minimum Gasteiger partial charge on any atom is -0.507 e. The second kappa shape index (κ2) is 9.13. The lowest BCUT2D eigenvalue weighted by Crippen LogP contribution is -2.42. The summed E-state index contributed by atoms with van der Waals surface area (Å²) in [6.45, 7) is 3.67. The number of rotatable bonds is 6. The van der Waals surface area contributed by atoms with Gasteiger partial charge in [-0.25, -0.2) is 0 Å². The van der Waals surface area contributed by atoms with Crippen LogP contribution in [0.4, 0.5) is 0 Å². The first-order chi connectivity index (χ1) is 15.0. The van der Waals surface area contributed by atoms with Crippen LogP contribution in [0.5, 0.6) is 5.75 Å². The predicted octanol–water partition coefficient (Wildman–Crippen LogP) is 2.70. The number of carbonyl (C=O) groups is 2. The molecule has 0 bridgehead atoms. The molecule has 8 nitrogen and oxygen atoms in total. The third-order valence-electron chi connectivity index (χ3n) is 5.53. The molecule has 2 fully saturated rings. The molecule has 0 saturated carbocycles. The highest BCUT2D eigenvalue weighted by Gasteiger charge is 2.47. The number of hydrogen-bond donors (Lipinski definition) is 1. The second-order valence-electron chi connectivity index (χ2n) is 7.31. The fourth-order valence-corrected chi connectivity index (χ4v) is 4.11. The molecule has 2 aliphatic heterocycles. The SMILES string of the molecule is COc1ccc(Cl)cc1C(O)=C1C(=O)C(=O)N(CCN2CCOCC2)C1c1ccco1. The number of aliphatic hydroxyl groups is 1. The van der Waals surface area contributed by atoms with E-state index in [4.69, 9.17) is 25.5 Å². The Morgan fingerprint density at radius 1 is 1.23 bits per heavy atom. The number of hydrogen-bond acceptors (Lipinski definition) is 7. The number of methoxy groups -OCH3 is 1. The van der Waals surface area contributed by atoms with Crippen LogP contribution in [0.2, 0.25) is 5.02 Å². The van der Waals surface area contributed by atoms with Gasteiger partial charge >= 0.3 is 0 Å². The van der Waals surface area contributed by atoms with E-state index in [0.717, 1.165) is 13.1 Å². The van der Waals surface area contributed by atoms with Crippen molar-refractivity contribution in [3.8, 4) is 5.75 Å². The molecule has 1 aromatic carbocycles. The maximum Gasteiger partial charge on any atom is 0.295 e. The number of morpholine rings is 1. The lowest BCUT2D eigenvalue weighted by Gasteiger charge is -2.30. The van der Waals surface area contributed by atoms with Crippen molar-refractivity contribution >= 4 is 29.1 Å². The fraction of sp³-hybridized carbons (Fsp3) is 0.364. The van der Waals surface area contributed by atoms with Gasteiger partial charge in [-0.1, -0.05) is 11.6 Å². The van der Waals surface area contributed by atoms with Crippen LogP contribution in [-0.2, 0) is 14.3 Å². The van der Waals surface area contributed by atoms with Crippen LogP contribution in [0.3, 0.4) is 0 Å². The number of nitrogens with zero attached hydrogens (tertiary/aromatic N) is 2. The van der Waals surface area contributed by atoms with Crippen LogP contribution in [0, 0.1) is 0 Å². The molecule has 3 heterocycles.